The van der Waals surface area contributed by atoms with E-state index in [1.807, 2.05) is 24.3 Å². The second kappa shape index (κ2) is 6.64. The molecule has 3 heterocycles. The Morgan fingerprint density at radius 3 is 2.40 bits per heavy atom. The van der Waals surface area contributed by atoms with Gasteiger partial charge in [-0.2, -0.15) is 0 Å². The van der Waals surface area contributed by atoms with E-state index in [0.29, 0.717) is 44.2 Å². The van der Waals surface area contributed by atoms with Crippen LogP contribution in [0.3, 0.4) is 0 Å². The van der Waals surface area contributed by atoms with E-state index in [1.165, 1.54) is 0 Å². The molecule has 1 fully saturated rings. The summed E-state index contributed by atoms with van der Waals surface area (Å²) in [5.74, 6) is -0.318. The molecule has 0 N–H and O–H groups in total. The number of amides is 2. The zero-order valence-corrected chi connectivity index (χ0v) is 13.9. The van der Waals surface area contributed by atoms with Crippen molar-refractivity contribution in [3.8, 4) is 0 Å². The molecule has 6 nitrogen and oxygen atoms in total. The lowest BCUT2D eigenvalue weighted by atomic mass is 10.2. The van der Waals surface area contributed by atoms with Gasteiger partial charge in [-0.3, -0.25) is 9.59 Å². The van der Waals surface area contributed by atoms with Crippen molar-refractivity contribution in [3.05, 3.63) is 59.4 Å². The average molecular weight is 337 g/mol. The first-order chi connectivity index (χ1) is 12.2. The third-order valence-electron chi connectivity index (χ3n) is 4.62. The molecule has 1 saturated heterocycles. The van der Waals surface area contributed by atoms with E-state index in [1.54, 1.807) is 28.0 Å². The fraction of sp³-hybridized carbons (Fsp3) is 0.316. The molecule has 128 valence electrons. The van der Waals surface area contributed by atoms with Crippen molar-refractivity contribution in [3.63, 3.8) is 0 Å². The molecule has 0 saturated carbocycles. The summed E-state index contributed by atoms with van der Waals surface area (Å²) < 4.78 is 5.27. The lowest BCUT2D eigenvalue weighted by Crippen LogP contribution is -2.41. The molecule has 2 amide bonds. The standard InChI is InChI=1S/C19H19N3O3/c23-18(21-10-12-25-13-11-21)15-5-3-6-16(20-15)19(24)22-9-8-14-4-1-2-7-17(14)22/h1-7H,8-13H2. The van der Waals surface area contributed by atoms with Crippen molar-refractivity contribution in [1.29, 1.82) is 0 Å². The summed E-state index contributed by atoms with van der Waals surface area (Å²) in [5.41, 5.74) is 2.70. The number of morpholine rings is 1. The van der Waals surface area contributed by atoms with E-state index in [2.05, 4.69) is 4.98 Å². The van der Waals surface area contributed by atoms with Crippen LogP contribution in [0.25, 0.3) is 0 Å². The second-order valence-electron chi connectivity index (χ2n) is 6.15. The van der Waals surface area contributed by atoms with E-state index in [-0.39, 0.29) is 11.8 Å². The SMILES string of the molecule is O=C(c1cccc(C(=O)N2CCc3ccccc32)n1)N1CCOCC1. The van der Waals surface area contributed by atoms with Crippen LogP contribution in [0.4, 0.5) is 5.69 Å². The van der Waals surface area contributed by atoms with Crippen LogP contribution in [0, 0.1) is 0 Å². The summed E-state index contributed by atoms with van der Waals surface area (Å²) >= 11 is 0. The molecule has 0 unspecified atom stereocenters. The van der Waals surface area contributed by atoms with Gasteiger partial charge < -0.3 is 14.5 Å². The highest BCUT2D eigenvalue weighted by Gasteiger charge is 2.27. The van der Waals surface area contributed by atoms with Gasteiger partial charge in [0.05, 0.1) is 13.2 Å². The van der Waals surface area contributed by atoms with Crippen LogP contribution in [0.2, 0.25) is 0 Å². The molecule has 1 aromatic heterocycles. The Bertz CT molecular complexity index is 815. The molecule has 2 aliphatic heterocycles. The molecule has 0 aliphatic carbocycles. The Labute approximate surface area is 146 Å². The molecule has 0 radical (unpaired) electrons. The topological polar surface area (TPSA) is 62.7 Å². The van der Waals surface area contributed by atoms with Crippen LogP contribution in [0.15, 0.2) is 42.5 Å². The molecular weight excluding hydrogens is 318 g/mol. The zero-order chi connectivity index (χ0) is 17.2. The van der Waals surface area contributed by atoms with E-state index in [0.717, 1.165) is 17.7 Å². The van der Waals surface area contributed by atoms with Crippen molar-refractivity contribution >= 4 is 17.5 Å². The third kappa shape index (κ3) is 3.00. The Morgan fingerprint density at radius 2 is 1.60 bits per heavy atom. The molecule has 6 heteroatoms. The van der Waals surface area contributed by atoms with Gasteiger partial charge in [0.1, 0.15) is 11.4 Å². The van der Waals surface area contributed by atoms with Gasteiger partial charge in [-0.25, -0.2) is 4.98 Å². The van der Waals surface area contributed by atoms with Gasteiger partial charge in [-0.05, 0) is 30.2 Å². The number of carbonyl (C=O) groups excluding carboxylic acids is 2. The minimum absolute atomic E-state index is 0.153. The summed E-state index contributed by atoms with van der Waals surface area (Å²) in [6.45, 7) is 2.82. The van der Waals surface area contributed by atoms with Gasteiger partial charge in [0, 0.05) is 25.3 Å². The van der Waals surface area contributed by atoms with Gasteiger partial charge in [0.2, 0.25) is 0 Å². The molecule has 2 aromatic rings. The summed E-state index contributed by atoms with van der Waals surface area (Å²) in [6, 6.07) is 12.9. The lowest BCUT2D eigenvalue weighted by Gasteiger charge is -2.26. The first kappa shape index (κ1) is 15.8. The predicted octanol–water partition coefficient (Wildman–Crippen LogP) is 1.76. The maximum absolute atomic E-state index is 12.9. The number of para-hydroxylation sites is 1. The Balaban J connectivity index is 1.57. The van der Waals surface area contributed by atoms with Gasteiger partial charge >= 0.3 is 0 Å². The highest BCUT2D eigenvalue weighted by molar-refractivity contribution is 6.06. The summed E-state index contributed by atoms with van der Waals surface area (Å²) in [6.07, 6.45) is 0.842. The predicted molar refractivity (Wildman–Crippen MR) is 92.8 cm³/mol. The average Bonchev–Trinajstić information content (AvgIpc) is 3.12. The van der Waals surface area contributed by atoms with Crippen LogP contribution in [-0.4, -0.2) is 54.5 Å². The maximum atomic E-state index is 12.9. The number of hydrogen-bond acceptors (Lipinski definition) is 4. The maximum Gasteiger partial charge on any atom is 0.276 e. The van der Waals surface area contributed by atoms with Gasteiger partial charge in [-0.15, -0.1) is 0 Å². The third-order valence-corrected chi connectivity index (χ3v) is 4.62. The van der Waals surface area contributed by atoms with Crippen LogP contribution in [0.5, 0.6) is 0 Å². The van der Waals surface area contributed by atoms with E-state index in [9.17, 15) is 9.59 Å². The van der Waals surface area contributed by atoms with Crippen LogP contribution >= 0.6 is 0 Å². The number of hydrogen-bond donors (Lipinski definition) is 0. The fourth-order valence-electron chi connectivity index (χ4n) is 3.29. The Kier molecular flexibility index (Phi) is 4.19. The molecule has 0 bridgehead atoms. The smallest absolute Gasteiger partial charge is 0.276 e. The van der Waals surface area contributed by atoms with Crippen molar-refractivity contribution in [2.24, 2.45) is 0 Å². The van der Waals surface area contributed by atoms with E-state index < -0.39 is 0 Å². The van der Waals surface area contributed by atoms with Gasteiger partial charge in [0.25, 0.3) is 11.8 Å². The monoisotopic (exact) mass is 337 g/mol. The van der Waals surface area contributed by atoms with Crippen LogP contribution in [0.1, 0.15) is 26.5 Å². The second-order valence-corrected chi connectivity index (χ2v) is 6.15. The van der Waals surface area contributed by atoms with E-state index in [4.69, 9.17) is 4.74 Å². The fourth-order valence-corrected chi connectivity index (χ4v) is 3.29. The number of pyridine rings is 1. The Morgan fingerprint density at radius 1 is 0.880 bits per heavy atom. The van der Waals surface area contributed by atoms with Crippen LogP contribution < -0.4 is 4.90 Å². The molecular formula is C19H19N3O3. The molecule has 4 rings (SSSR count). The van der Waals surface area contributed by atoms with Crippen LogP contribution in [-0.2, 0) is 11.2 Å². The zero-order valence-electron chi connectivity index (χ0n) is 13.9. The first-order valence-electron chi connectivity index (χ1n) is 8.48. The summed E-state index contributed by atoms with van der Waals surface area (Å²) in [4.78, 5) is 33.2. The molecule has 0 atom stereocenters. The van der Waals surface area contributed by atoms with E-state index >= 15 is 0 Å². The molecule has 25 heavy (non-hydrogen) atoms. The highest BCUT2D eigenvalue weighted by Crippen LogP contribution is 2.28. The number of rotatable bonds is 2. The lowest BCUT2D eigenvalue weighted by molar-refractivity contribution is 0.0299. The van der Waals surface area contributed by atoms with Crippen molar-refractivity contribution in [2.45, 2.75) is 6.42 Å². The number of nitrogens with zero attached hydrogens (tertiary/aromatic N) is 3. The number of ether oxygens (including phenoxy) is 1. The molecule has 0 spiro atoms. The number of anilines is 1. The molecule has 1 aromatic carbocycles. The number of aromatic nitrogens is 1. The minimum Gasteiger partial charge on any atom is -0.378 e. The summed E-state index contributed by atoms with van der Waals surface area (Å²) in [5, 5.41) is 0. The first-order valence-corrected chi connectivity index (χ1v) is 8.48. The van der Waals surface area contributed by atoms with Gasteiger partial charge in [-0.1, -0.05) is 24.3 Å². The number of fused-ring (bicyclic) bond motifs is 1. The number of benzene rings is 1. The van der Waals surface area contributed by atoms with Gasteiger partial charge in [0.15, 0.2) is 0 Å². The largest absolute Gasteiger partial charge is 0.378 e. The molecule has 2 aliphatic rings. The highest BCUT2D eigenvalue weighted by atomic mass is 16.5. The normalized spacial score (nSPS) is 16.6. The van der Waals surface area contributed by atoms with Crippen molar-refractivity contribution in [2.75, 3.05) is 37.7 Å². The Hall–Kier alpha value is -2.73. The minimum atomic E-state index is -0.165. The quantitative estimate of drug-likeness (QED) is 0.838. The summed E-state index contributed by atoms with van der Waals surface area (Å²) in [7, 11) is 0. The van der Waals surface area contributed by atoms with Crippen molar-refractivity contribution in [1.82, 2.24) is 9.88 Å². The number of carbonyl (C=O) groups is 2. The van der Waals surface area contributed by atoms with Crippen molar-refractivity contribution < 1.29 is 14.3 Å².